The molecule has 0 aliphatic carbocycles. The van der Waals surface area contributed by atoms with Gasteiger partial charge >= 0.3 is 0 Å². The van der Waals surface area contributed by atoms with E-state index in [1.54, 1.807) is 7.11 Å². The van der Waals surface area contributed by atoms with Gasteiger partial charge in [0.25, 0.3) is 0 Å². The first-order chi connectivity index (χ1) is 13.5. The Morgan fingerprint density at radius 3 is 2.50 bits per heavy atom. The molecule has 0 saturated carbocycles. The van der Waals surface area contributed by atoms with Gasteiger partial charge in [0.15, 0.2) is 0 Å². The molecule has 2 aromatic rings. The molecule has 1 atom stereocenters. The van der Waals surface area contributed by atoms with Crippen LogP contribution in [0.1, 0.15) is 36.6 Å². The highest BCUT2D eigenvalue weighted by Gasteiger charge is 2.28. The molecule has 1 saturated heterocycles. The molecular weight excluding hydrogens is 370 g/mol. The standard InChI is InChI=1S/C22H31N3O2S/c1-16-10-13-28-21(16)15-25(18-4-6-20(27-3)7-5-18)19-8-11-24(12-9-19)17(2)14-22(23)26/h4-7,10,13,17,19H,8-9,11-12,14-15H2,1-3H3,(H2,23,26). The summed E-state index contributed by atoms with van der Waals surface area (Å²) >= 11 is 1.83. The van der Waals surface area contributed by atoms with Crippen LogP contribution in [0.25, 0.3) is 0 Å². The van der Waals surface area contributed by atoms with E-state index in [9.17, 15) is 4.79 Å². The summed E-state index contributed by atoms with van der Waals surface area (Å²) in [6, 6.07) is 11.3. The number of hydrogen-bond donors (Lipinski definition) is 1. The topological polar surface area (TPSA) is 58.8 Å². The summed E-state index contributed by atoms with van der Waals surface area (Å²) in [4.78, 5) is 17.6. The van der Waals surface area contributed by atoms with Crippen molar-refractivity contribution < 1.29 is 9.53 Å². The maximum atomic E-state index is 11.3. The van der Waals surface area contributed by atoms with Crippen molar-refractivity contribution in [2.75, 3.05) is 25.1 Å². The van der Waals surface area contributed by atoms with E-state index in [1.165, 1.54) is 16.1 Å². The van der Waals surface area contributed by atoms with E-state index >= 15 is 0 Å². The van der Waals surface area contributed by atoms with Crippen LogP contribution in [0.5, 0.6) is 5.75 Å². The first-order valence-corrected chi connectivity index (χ1v) is 10.8. The number of hydrogen-bond acceptors (Lipinski definition) is 5. The minimum Gasteiger partial charge on any atom is -0.497 e. The van der Waals surface area contributed by atoms with Crippen molar-refractivity contribution >= 4 is 22.9 Å². The summed E-state index contributed by atoms with van der Waals surface area (Å²) in [5, 5.41) is 2.17. The van der Waals surface area contributed by atoms with Crippen molar-refractivity contribution in [2.45, 2.75) is 51.7 Å². The van der Waals surface area contributed by atoms with Crippen LogP contribution in [-0.2, 0) is 11.3 Å². The second-order valence-electron chi connectivity index (χ2n) is 7.64. The highest BCUT2D eigenvalue weighted by molar-refractivity contribution is 7.10. The predicted octanol–water partition coefficient (Wildman–Crippen LogP) is 3.80. The SMILES string of the molecule is COc1ccc(N(Cc2sccc2C)C2CCN(C(C)CC(N)=O)CC2)cc1. The lowest BCUT2D eigenvalue weighted by Gasteiger charge is -2.41. The fourth-order valence-electron chi connectivity index (χ4n) is 3.98. The number of nitrogens with two attached hydrogens (primary N) is 1. The molecule has 1 aliphatic heterocycles. The van der Waals surface area contributed by atoms with Gasteiger partial charge in [0, 0.05) is 42.2 Å². The number of methoxy groups -OCH3 is 1. The van der Waals surface area contributed by atoms with Gasteiger partial charge in [-0.15, -0.1) is 11.3 Å². The third kappa shape index (κ3) is 5.06. The van der Waals surface area contributed by atoms with E-state index in [0.29, 0.717) is 12.5 Å². The smallest absolute Gasteiger partial charge is 0.218 e. The Balaban J connectivity index is 1.73. The molecule has 2 N–H and O–H groups in total. The number of carbonyl (C=O) groups excluding carboxylic acids is 1. The first kappa shape index (κ1) is 20.7. The van der Waals surface area contributed by atoms with Crippen molar-refractivity contribution in [3.05, 3.63) is 46.2 Å². The molecule has 1 aromatic carbocycles. The Labute approximate surface area is 172 Å². The van der Waals surface area contributed by atoms with Gasteiger partial charge in [-0.25, -0.2) is 0 Å². The number of aryl methyl sites for hydroxylation is 1. The molecule has 3 rings (SSSR count). The first-order valence-electron chi connectivity index (χ1n) is 9.94. The maximum Gasteiger partial charge on any atom is 0.218 e. The van der Waals surface area contributed by atoms with Crippen LogP contribution in [0, 0.1) is 6.92 Å². The van der Waals surface area contributed by atoms with Crippen LogP contribution in [0.15, 0.2) is 35.7 Å². The molecule has 0 spiro atoms. The quantitative estimate of drug-likeness (QED) is 0.731. The minimum absolute atomic E-state index is 0.215. The van der Waals surface area contributed by atoms with Crippen molar-refractivity contribution in [2.24, 2.45) is 5.73 Å². The summed E-state index contributed by atoms with van der Waals surface area (Å²) in [6.45, 7) is 7.20. The van der Waals surface area contributed by atoms with Crippen LogP contribution in [0.4, 0.5) is 5.69 Å². The summed E-state index contributed by atoms with van der Waals surface area (Å²) in [7, 11) is 1.70. The largest absolute Gasteiger partial charge is 0.497 e. The Kier molecular flexibility index (Phi) is 6.97. The number of likely N-dealkylation sites (tertiary alicyclic amines) is 1. The van der Waals surface area contributed by atoms with Gasteiger partial charge in [-0.05, 0) is 68.0 Å². The molecule has 2 heterocycles. The maximum absolute atomic E-state index is 11.3. The average Bonchev–Trinajstić information content (AvgIpc) is 3.10. The Hall–Kier alpha value is -2.05. The Bertz CT molecular complexity index is 766. The highest BCUT2D eigenvalue weighted by atomic mass is 32.1. The summed E-state index contributed by atoms with van der Waals surface area (Å²) < 4.78 is 5.33. The van der Waals surface area contributed by atoms with Gasteiger partial charge in [0.05, 0.1) is 13.7 Å². The fourth-order valence-corrected chi connectivity index (χ4v) is 4.89. The van der Waals surface area contributed by atoms with Crippen molar-refractivity contribution in [1.82, 2.24) is 4.90 Å². The van der Waals surface area contributed by atoms with E-state index in [1.807, 2.05) is 23.5 Å². The number of carbonyl (C=O) groups is 1. The number of rotatable bonds is 8. The second-order valence-corrected chi connectivity index (χ2v) is 8.64. The molecular formula is C22H31N3O2S. The Morgan fingerprint density at radius 2 is 1.96 bits per heavy atom. The number of piperidine rings is 1. The summed E-state index contributed by atoms with van der Waals surface area (Å²) in [5.41, 5.74) is 7.97. The zero-order chi connectivity index (χ0) is 20.1. The minimum atomic E-state index is -0.220. The molecule has 1 unspecified atom stereocenters. The molecule has 1 aliphatic rings. The van der Waals surface area contributed by atoms with Gasteiger partial charge in [-0.3, -0.25) is 9.69 Å². The summed E-state index contributed by atoms with van der Waals surface area (Å²) in [5.74, 6) is 0.661. The number of thiophene rings is 1. The normalized spacial score (nSPS) is 16.7. The monoisotopic (exact) mass is 401 g/mol. The predicted molar refractivity (Wildman–Crippen MR) is 116 cm³/mol. The lowest BCUT2D eigenvalue weighted by molar-refractivity contribution is -0.119. The van der Waals surface area contributed by atoms with Crippen LogP contribution < -0.4 is 15.4 Å². The molecule has 152 valence electrons. The van der Waals surface area contributed by atoms with Crippen molar-refractivity contribution in [3.63, 3.8) is 0 Å². The molecule has 1 aromatic heterocycles. The van der Waals surface area contributed by atoms with Crippen LogP contribution >= 0.6 is 11.3 Å². The molecule has 0 radical (unpaired) electrons. The Morgan fingerprint density at radius 1 is 1.29 bits per heavy atom. The number of primary amides is 1. The van der Waals surface area contributed by atoms with Crippen LogP contribution in [0.2, 0.25) is 0 Å². The van der Waals surface area contributed by atoms with Crippen molar-refractivity contribution in [3.8, 4) is 5.75 Å². The molecule has 6 heteroatoms. The van der Waals surface area contributed by atoms with Gasteiger partial charge < -0.3 is 15.4 Å². The number of ether oxygens (including phenoxy) is 1. The highest BCUT2D eigenvalue weighted by Crippen LogP contribution is 2.30. The lowest BCUT2D eigenvalue weighted by Crippen LogP contribution is -2.48. The fraction of sp³-hybridized carbons (Fsp3) is 0.500. The zero-order valence-corrected chi connectivity index (χ0v) is 17.9. The van der Waals surface area contributed by atoms with E-state index in [-0.39, 0.29) is 11.9 Å². The third-order valence-electron chi connectivity index (χ3n) is 5.75. The van der Waals surface area contributed by atoms with E-state index in [4.69, 9.17) is 10.5 Å². The molecule has 28 heavy (non-hydrogen) atoms. The van der Waals surface area contributed by atoms with Gasteiger partial charge in [-0.2, -0.15) is 0 Å². The van der Waals surface area contributed by atoms with Gasteiger partial charge in [0.1, 0.15) is 5.75 Å². The van der Waals surface area contributed by atoms with Gasteiger partial charge in [-0.1, -0.05) is 0 Å². The molecule has 1 fully saturated rings. The van der Waals surface area contributed by atoms with Crippen molar-refractivity contribution in [1.29, 1.82) is 0 Å². The van der Waals surface area contributed by atoms with E-state index in [2.05, 4.69) is 47.2 Å². The second kappa shape index (κ2) is 9.43. The van der Waals surface area contributed by atoms with Crippen LogP contribution in [0.3, 0.4) is 0 Å². The number of nitrogens with zero attached hydrogens (tertiary/aromatic N) is 2. The number of anilines is 1. The third-order valence-corrected chi connectivity index (χ3v) is 6.75. The zero-order valence-electron chi connectivity index (χ0n) is 17.1. The molecule has 0 bridgehead atoms. The summed E-state index contributed by atoms with van der Waals surface area (Å²) in [6.07, 6.45) is 2.60. The van der Waals surface area contributed by atoms with E-state index < -0.39 is 0 Å². The molecule has 1 amide bonds. The van der Waals surface area contributed by atoms with Crippen LogP contribution in [-0.4, -0.2) is 43.1 Å². The lowest BCUT2D eigenvalue weighted by atomic mass is 9.99. The number of amides is 1. The van der Waals surface area contributed by atoms with E-state index in [0.717, 1.165) is 38.2 Å². The number of benzene rings is 1. The van der Waals surface area contributed by atoms with Gasteiger partial charge in [0.2, 0.25) is 5.91 Å². The average molecular weight is 402 g/mol. The molecule has 5 nitrogen and oxygen atoms in total.